The minimum Gasteiger partial charge on any atom is -0.353 e. The van der Waals surface area contributed by atoms with Crippen LogP contribution in [0.5, 0.6) is 0 Å². The maximum Gasteiger partial charge on any atom is 0.158 e. The fourth-order valence-corrected chi connectivity index (χ4v) is 1.49. The second-order valence-corrected chi connectivity index (χ2v) is 3.59. The molecular weight excluding hydrogens is 202 g/mol. The molecule has 0 rings (SSSR count). The van der Waals surface area contributed by atoms with Gasteiger partial charge in [-0.15, -0.1) is 6.42 Å². The number of nitrogens with one attached hydrogen (secondary N) is 1. The standard InChI is InChI=1S/C13H25NO2/c1-5-9-12(6-2)14-11-10-13(15-7-3)16-8-4/h2,12-14H,5,7-11H2,1,3-4H3. The molecule has 0 bridgehead atoms. The molecule has 3 nitrogen and oxygen atoms in total. The van der Waals surface area contributed by atoms with Gasteiger partial charge in [0.15, 0.2) is 6.29 Å². The SMILES string of the molecule is C#CC(CCC)NCCC(OCC)OCC. The molecule has 0 saturated carbocycles. The van der Waals surface area contributed by atoms with Crippen molar-refractivity contribution in [3.8, 4) is 12.3 Å². The van der Waals surface area contributed by atoms with Gasteiger partial charge in [0.05, 0.1) is 6.04 Å². The summed E-state index contributed by atoms with van der Waals surface area (Å²) in [5.74, 6) is 2.75. The van der Waals surface area contributed by atoms with Crippen molar-refractivity contribution in [2.24, 2.45) is 0 Å². The van der Waals surface area contributed by atoms with Gasteiger partial charge in [0.2, 0.25) is 0 Å². The quantitative estimate of drug-likeness (QED) is 0.458. The van der Waals surface area contributed by atoms with Crippen LogP contribution in [0.2, 0.25) is 0 Å². The Kier molecular flexibility index (Phi) is 10.6. The van der Waals surface area contributed by atoms with Gasteiger partial charge in [-0.2, -0.15) is 0 Å². The molecule has 0 heterocycles. The van der Waals surface area contributed by atoms with Crippen LogP contribution in [0.3, 0.4) is 0 Å². The average molecular weight is 227 g/mol. The van der Waals surface area contributed by atoms with E-state index in [0.717, 1.165) is 25.8 Å². The normalized spacial score (nSPS) is 12.7. The van der Waals surface area contributed by atoms with E-state index in [1.807, 2.05) is 13.8 Å². The molecule has 0 spiro atoms. The Morgan fingerprint density at radius 1 is 1.12 bits per heavy atom. The highest BCUT2D eigenvalue weighted by Gasteiger charge is 2.08. The molecule has 1 N–H and O–H groups in total. The molecule has 94 valence electrons. The van der Waals surface area contributed by atoms with Gasteiger partial charge in [-0.05, 0) is 20.3 Å². The van der Waals surface area contributed by atoms with Gasteiger partial charge in [-0.1, -0.05) is 19.3 Å². The van der Waals surface area contributed by atoms with E-state index in [1.54, 1.807) is 0 Å². The van der Waals surface area contributed by atoms with Gasteiger partial charge < -0.3 is 14.8 Å². The fraction of sp³-hybridized carbons (Fsp3) is 0.846. The van der Waals surface area contributed by atoms with Crippen molar-refractivity contribution in [2.75, 3.05) is 19.8 Å². The number of hydrogen-bond acceptors (Lipinski definition) is 3. The lowest BCUT2D eigenvalue weighted by molar-refractivity contribution is -0.138. The molecule has 0 fully saturated rings. The minimum absolute atomic E-state index is 0.109. The number of rotatable bonds is 10. The first-order chi connectivity index (χ1) is 7.78. The van der Waals surface area contributed by atoms with Gasteiger partial charge in [-0.25, -0.2) is 0 Å². The predicted molar refractivity (Wildman–Crippen MR) is 67.2 cm³/mol. The van der Waals surface area contributed by atoms with Crippen LogP contribution < -0.4 is 5.32 Å². The summed E-state index contributed by atoms with van der Waals surface area (Å²) >= 11 is 0. The Bertz CT molecular complexity index is 183. The third kappa shape index (κ3) is 7.70. The number of terminal acetylenes is 1. The summed E-state index contributed by atoms with van der Waals surface area (Å²) < 4.78 is 10.9. The van der Waals surface area contributed by atoms with E-state index in [1.165, 1.54) is 0 Å². The largest absolute Gasteiger partial charge is 0.353 e. The van der Waals surface area contributed by atoms with Crippen molar-refractivity contribution in [1.82, 2.24) is 5.32 Å². The zero-order valence-electron chi connectivity index (χ0n) is 10.8. The Hall–Kier alpha value is -0.560. The Morgan fingerprint density at radius 2 is 1.75 bits per heavy atom. The van der Waals surface area contributed by atoms with Crippen LogP contribution in [0.25, 0.3) is 0 Å². The van der Waals surface area contributed by atoms with Crippen LogP contribution in [0.15, 0.2) is 0 Å². The summed E-state index contributed by atoms with van der Waals surface area (Å²) in [6.07, 6.45) is 8.26. The molecule has 0 aliphatic carbocycles. The summed E-state index contributed by atoms with van der Waals surface area (Å²) in [5, 5.41) is 3.32. The fourth-order valence-electron chi connectivity index (χ4n) is 1.49. The van der Waals surface area contributed by atoms with E-state index in [4.69, 9.17) is 15.9 Å². The molecule has 0 aromatic heterocycles. The van der Waals surface area contributed by atoms with E-state index in [-0.39, 0.29) is 12.3 Å². The van der Waals surface area contributed by atoms with Gasteiger partial charge in [0.1, 0.15) is 0 Å². The van der Waals surface area contributed by atoms with E-state index in [9.17, 15) is 0 Å². The molecular formula is C13H25NO2. The van der Waals surface area contributed by atoms with Crippen molar-refractivity contribution < 1.29 is 9.47 Å². The van der Waals surface area contributed by atoms with Gasteiger partial charge >= 0.3 is 0 Å². The summed E-state index contributed by atoms with van der Waals surface area (Å²) in [5.41, 5.74) is 0. The van der Waals surface area contributed by atoms with Crippen LogP contribution in [-0.4, -0.2) is 32.1 Å². The molecule has 1 unspecified atom stereocenters. The van der Waals surface area contributed by atoms with Crippen LogP contribution >= 0.6 is 0 Å². The minimum atomic E-state index is -0.109. The molecule has 0 saturated heterocycles. The predicted octanol–water partition coefficient (Wildman–Crippen LogP) is 2.17. The van der Waals surface area contributed by atoms with E-state index in [0.29, 0.717) is 13.2 Å². The van der Waals surface area contributed by atoms with Gasteiger partial charge in [-0.3, -0.25) is 0 Å². The molecule has 16 heavy (non-hydrogen) atoms. The maximum absolute atomic E-state index is 5.44. The lowest BCUT2D eigenvalue weighted by atomic mass is 10.2. The molecule has 3 heteroatoms. The molecule has 0 amide bonds. The molecule has 0 radical (unpaired) electrons. The Balaban J connectivity index is 3.70. The highest BCUT2D eigenvalue weighted by atomic mass is 16.7. The van der Waals surface area contributed by atoms with Crippen LogP contribution in [0.1, 0.15) is 40.0 Å². The van der Waals surface area contributed by atoms with Crippen molar-refractivity contribution in [1.29, 1.82) is 0 Å². The topological polar surface area (TPSA) is 30.5 Å². The Morgan fingerprint density at radius 3 is 2.19 bits per heavy atom. The number of ether oxygens (including phenoxy) is 2. The van der Waals surface area contributed by atoms with Crippen molar-refractivity contribution in [3.05, 3.63) is 0 Å². The maximum atomic E-state index is 5.44. The van der Waals surface area contributed by atoms with Crippen LogP contribution in [0.4, 0.5) is 0 Å². The first kappa shape index (κ1) is 15.4. The number of hydrogen-bond donors (Lipinski definition) is 1. The van der Waals surface area contributed by atoms with E-state index >= 15 is 0 Å². The third-order valence-electron chi connectivity index (χ3n) is 2.25. The van der Waals surface area contributed by atoms with Crippen LogP contribution in [0, 0.1) is 12.3 Å². The Labute approximate surface area is 99.9 Å². The smallest absolute Gasteiger partial charge is 0.158 e. The van der Waals surface area contributed by atoms with Gasteiger partial charge in [0.25, 0.3) is 0 Å². The zero-order chi connectivity index (χ0) is 12.2. The van der Waals surface area contributed by atoms with Crippen molar-refractivity contribution >= 4 is 0 Å². The highest BCUT2D eigenvalue weighted by molar-refractivity contribution is 4.98. The van der Waals surface area contributed by atoms with Crippen molar-refractivity contribution in [2.45, 2.75) is 52.4 Å². The second-order valence-electron chi connectivity index (χ2n) is 3.59. The summed E-state index contributed by atoms with van der Waals surface area (Å²) in [6.45, 7) is 8.27. The summed E-state index contributed by atoms with van der Waals surface area (Å²) in [6, 6.07) is 0.175. The molecule has 0 aliphatic rings. The van der Waals surface area contributed by atoms with E-state index in [2.05, 4.69) is 18.2 Å². The lowest BCUT2D eigenvalue weighted by Crippen LogP contribution is -2.31. The summed E-state index contributed by atoms with van der Waals surface area (Å²) in [4.78, 5) is 0. The monoisotopic (exact) mass is 227 g/mol. The zero-order valence-corrected chi connectivity index (χ0v) is 10.8. The molecule has 0 aromatic carbocycles. The van der Waals surface area contributed by atoms with Crippen molar-refractivity contribution in [3.63, 3.8) is 0 Å². The summed E-state index contributed by atoms with van der Waals surface area (Å²) in [7, 11) is 0. The first-order valence-electron chi connectivity index (χ1n) is 6.21. The third-order valence-corrected chi connectivity index (χ3v) is 2.25. The first-order valence-corrected chi connectivity index (χ1v) is 6.21. The second kappa shape index (κ2) is 10.9. The molecule has 0 aliphatic heterocycles. The van der Waals surface area contributed by atoms with E-state index < -0.39 is 0 Å². The molecule has 1 atom stereocenters. The van der Waals surface area contributed by atoms with Gasteiger partial charge in [0, 0.05) is 26.2 Å². The van der Waals surface area contributed by atoms with Crippen LogP contribution in [-0.2, 0) is 9.47 Å². The average Bonchev–Trinajstić information content (AvgIpc) is 2.28. The highest BCUT2D eigenvalue weighted by Crippen LogP contribution is 2.01. The lowest BCUT2D eigenvalue weighted by Gasteiger charge is -2.18. The molecule has 0 aromatic rings.